The molecule has 3 aliphatic carbocycles. The average Bonchev–Trinajstić information content (AvgIpc) is 3.92. The van der Waals surface area contributed by atoms with Gasteiger partial charge in [0, 0.05) is 63.5 Å². The maximum atomic E-state index is 13.5. The van der Waals surface area contributed by atoms with E-state index >= 15 is 0 Å². The molecule has 5 rings (SSSR count). The molecule has 11 heteroatoms. The monoisotopic (exact) mass is 581 g/mol. The molecule has 226 valence electrons. The molecule has 11 nitrogen and oxygen atoms in total. The van der Waals surface area contributed by atoms with E-state index < -0.39 is 30.1 Å². The van der Waals surface area contributed by atoms with Gasteiger partial charge < -0.3 is 34.9 Å². The molecule has 0 aromatic heterocycles. The van der Waals surface area contributed by atoms with Crippen molar-refractivity contribution in [3.05, 3.63) is 53.1 Å². The molecule has 1 saturated heterocycles. The highest BCUT2D eigenvalue weighted by Crippen LogP contribution is 2.59. The zero-order valence-electron chi connectivity index (χ0n) is 24.0. The third-order valence-corrected chi connectivity index (χ3v) is 8.06. The van der Waals surface area contributed by atoms with Gasteiger partial charge in [0.1, 0.15) is 18.3 Å². The number of carbonyl (C=O) groups is 4. The Morgan fingerprint density at radius 1 is 1.05 bits per heavy atom. The zero-order valence-corrected chi connectivity index (χ0v) is 24.0. The van der Waals surface area contributed by atoms with E-state index in [0.717, 1.165) is 25.7 Å². The third-order valence-electron chi connectivity index (χ3n) is 8.06. The summed E-state index contributed by atoms with van der Waals surface area (Å²) >= 11 is 0. The van der Waals surface area contributed by atoms with Crippen molar-refractivity contribution < 1.29 is 38.5 Å². The fraction of sp³-hybridized carbons (Fsp3) is 0.548. The number of benzene rings is 1. The number of rotatable bonds is 12. The summed E-state index contributed by atoms with van der Waals surface area (Å²) in [4.78, 5) is 52.1. The average molecular weight is 582 g/mol. The second-order valence-corrected chi connectivity index (χ2v) is 11.5. The molecule has 4 aliphatic rings. The van der Waals surface area contributed by atoms with Gasteiger partial charge in [0.15, 0.2) is 5.79 Å². The van der Waals surface area contributed by atoms with Gasteiger partial charge in [-0.2, -0.15) is 0 Å². The lowest BCUT2D eigenvalue weighted by atomic mass is 9.91. The molecule has 1 heterocycles. The summed E-state index contributed by atoms with van der Waals surface area (Å²) < 4.78 is 19.3. The van der Waals surface area contributed by atoms with E-state index in [4.69, 9.17) is 19.3 Å². The topological polar surface area (TPSA) is 144 Å². The Labute approximate surface area is 245 Å². The van der Waals surface area contributed by atoms with Crippen LogP contribution in [0.5, 0.6) is 0 Å². The predicted molar refractivity (Wildman–Crippen MR) is 152 cm³/mol. The Kier molecular flexibility index (Phi) is 9.10. The molecular formula is C31H39N3O8. The van der Waals surface area contributed by atoms with Crippen LogP contribution in [-0.4, -0.2) is 91.6 Å². The van der Waals surface area contributed by atoms with Gasteiger partial charge >= 0.3 is 5.97 Å². The van der Waals surface area contributed by atoms with E-state index in [1.165, 1.54) is 11.0 Å². The molecule has 0 spiro atoms. The molecule has 1 aromatic carbocycles. The Bertz CT molecular complexity index is 1250. The number of nitrogens with one attached hydrogen (secondary N) is 2. The number of hydrogen-bond donors (Lipinski definition) is 3. The minimum absolute atomic E-state index is 0.0657. The van der Waals surface area contributed by atoms with Crippen molar-refractivity contribution in [3.8, 4) is 0 Å². The van der Waals surface area contributed by atoms with Gasteiger partial charge in [-0.05, 0) is 49.5 Å². The highest BCUT2D eigenvalue weighted by molar-refractivity contribution is 5.97. The van der Waals surface area contributed by atoms with Gasteiger partial charge in [-0.3, -0.25) is 14.4 Å². The van der Waals surface area contributed by atoms with Gasteiger partial charge in [-0.25, -0.2) is 4.79 Å². The van der Waals surface area contributed by atoms with Crippen LogP contribution >= 0.6 is 0 Å². The van der Waals surface area contributed by atoms with Crippen LogP contribution in [0, 0.1) is 11.8 Å². The van der Waals surface area contributed by atoms with E-state index in [1.807, 2.05) is 0 Å². The number of ether oxygens (including phenoxy) is 3. The van der Waals surface area contributed by atoms with E-state index in [2.05, 4.69) is 10.6 Å². The minimum Gasteiger partial charge on any atom is -0.456 e. The van der Waals surface area contributed by atoms with Crippen molar-refractivity contribution in [2.75, 3.05) is 33.8 Å². The van der Waals surface area contributed by atoms with Crippen LogP contribution in [0.15, 0.2) is 42.0 Å². The van der Waals surface area contributed by atoms with Crippen molar-refractivity contribution in [2.24, 2.45) is 11.8 Å². The van der Waals surface area contributed by atoms with Crippen molar-refractivity contribution in [1.82, 2.24) is 15.5 Å². The number of carbonyl (C=O) groups excluding carboxylic acids is 4. The summed E-state index contributed by atoms with van der Waals surface area (Å²) in [5.74, 6) is -1.59. The Morgan fingerprint density at radius 3 is 2.43 bits per heavy atom. The summed E-state index contributed by atoms with van der Waals surface area (Å²) in [5, 5.41) is 14.2. The first-order valence-electron chi connectivity index (χ1n) is 14.6. The maximum absolute atomic E-state index is 13.5. The predicted octanol–water partition coefficient (Wildman–Crippen LogP) is 1.56. The number of aliphatic hydroxyl groups is 1. The Balaban J connectivity index is 1.33. The molecule has 3 N–H and O–H groups in total. The van der Waals surface area contributed by atoms with Crippen LogP contribution in [0.25, 0.3) is 6.08 Å². The largest absolute Gasteiger partial charge is 0.456 e. The summed E-state index contributed by atoms with van der Waals surface area (Å²) in [7, 11) is 3.29. The molecule has 2 saturated carbocycles. The van der Waals surface area contributed by atoms with Gasteiger partial charge in [0.2, 0.25) is 17.7 Å². The lowest BCUT2D eigenvalue weighted by Crippen LogP contribution is -2.44. The number of nitrogens with zero attached hydrogens (tertiary/aromatic N) is 1. The molecule has 0 unspecified atom stereocenters. The van der Waals surface area contributed by atoms with E-state index in [0.29, 0.717) is 16.7 Å². The Hall–Kier alpha value is -3.54. The van der Waals surface area contributed by atoms with Crippen molar-refractivity contribution in [2.45, 2.75) is 62.6 Å². The molecule has 1 aromatic rings. The molecule has 3 fully saturated rings. The van der Waals surface area contributed by atoms with Crippen LogP contribution in [0.3, 0.4) is 0 Å². The SMILES string of the molecule is CN(C)C(=O)C=Cc1ccccc1C(=O)O[C@@H]1CC(C(=O)NCCC(=O)NCCO)=C[C@H]2OC(C3CC3)(C3CC3)O[C@H]21. The summed E-state index contributed by atoms with van der Waals surface area (Å²) in [6, 6.07) is 6.87. The molecule has 3 atom stereocenters. The molecule has 42 heavy (non-hydrogen) atoms. The summed E-state index contributed by atoms with van der Waals surface area (Å²) in [6.07, 6.45) is 7.10. The maximum Gasteiger partial charge on any atom is 0.339 e. The highest BCUT2D eigenvalue weighted by atomic mass is 16.8. The molecular weight excluding hydrogens is 542 g/mol. The number of esters is 1. The fourth-order valence-corrected chi connectivity index (χ4v) is 5.60. The van der Waals surface area contributed by atoms with Crippen LogP contribution in [-0.2, 0) is 28.6 Å². The number of fused-ring (bicyclic) bond motifs is 1. The van der Waals surface area contributed by atoms with Gasteiger partial charge in [0.25, 0.3) is 0 Å². The summed E-state index contributed by atoms with van der Waals surface area (Å²) in [5.41, 5.74) is 1.23. The first-order chi connectivity index (χ1) is 20.2. The van der Waals surface area contributed by atoms with E-state index in [1.54, 1.807) is 50.5 Å². The number of amides is 3. The standard InChI is InChI=1S/C31H39N3O8/c1-34(2)27(37)12-7-19-5-3-4-6-23(19)30(39)40-24-17-20(29(38)33-14-13-26(36)32-15-16-35)18-25-28(24)42-31(41-25,21-8-9-21)22-10-11-22/h3-7,12,18,21-22,24-25,28,35H,8-11,13-17H2,1-2H3,(H,32,36)(H,33,38)/t24-,25-,28+/m1/s1. The fourth-order valence-electron chi connectivity index (χ4n) is 5.60. The lowest BCUT2D eigenvalue weighted by Gasteiger charge is -2.31. The molecule has 0 bridgehead atoms. The van der Waals surface area contributed by atoms with Crippen LogP contribution < -0.4 is 10.6 Å². The normalized spacial score (nSPS) is 24.5. The van der Waals surface area contributed by atoms with Crippen molar-refractivity contribution >= 4 is 29.8 Å². The molecule has 3 amide bonds. The molecule has 1 aliphatic heterocycles. The second-order valence-electron chi connectivity index (χ2n) is 11.5. The first-order valence-corrected chi connectivity index (χ1v) is 14.6. The van der Waals surface area contributed by atoms with Crippen molar-refractivity contribution in [3.63, 3.8) is 0 Å². The van der Waals surface area contributed by atoms with Gasteiger partial charge in [-0.1, -0.05) is 18.2 Å². The van der Waals surface area contributed by atoms with Crippen LogP contribution in [0.2, 0.25) is 0 Å². The summed E-state index contributed by atoms with van der Waals surface area (Å²) in [6.45, 7) is 0.108. The van der Waals surface area contributed by atoms with Crippen LogP contribution in [0.1, 0.15) is 54.4 Å². The number of aliphatic hydroxyl groups excluding tert-OH is 1. The second kappa shape index (κ2) is 12.8. The third kappa shape index (κ3) is 6.74. The smallest absolute Gasteiger partial charge is 0.339 e. The van der Waals surface area contributed by atoms with E-state index in [-0.39, 0.29) is 62.1 Å². The lowest BCUT2D eigenvalue weighted by molar-refractivity contribution is -0.209. The number of hydrogen-bond acceptors (Lipinski definition) is 8. The quantitative estimate of drug-likeness (QED) is 0.249. The number of likely N-dealkylation sites (N-methyl/N-ethyl adjacent to an activating group) is 1. The van der Waals surface area contributed by atoms with Gasteiger partial charge in [0.05, 0.1) is 12.2 Å². The Morgan fingerprint density at radius 2 is 1.76 bits per heavy atom. The van der Waals surface area contributed by atoms with Gasteiger partial charge in [-0.15, -0.1) is 0 Å². The molecule has 0 radical (unpaired) electrons. The first kappa shape index (κ1) is 29.9. The highest BCUT2D eigenvalue weighted by Gasteiger charge is 2.64. The van der Waals surface area contributed by atoms with Crippen molar-refractivity contribution in [1.29, 1.82) is 0 Å². The zero-order chi connectivity index (χ0) is 29.9. The van der Waals surface area contributed by atoms with Crippen LogP contribution in [0.4, 0.5) is 0 Å². The minimum atomic E-state index is -0.777. The van der Waals surface area contributed by atoms with E-state index in [9.17, 15) is 19.2 Å².